The van der Waals surface area contributed by atoms with E-state index in [2.05, 4.69) is 5.92 Å². The third kappa shape index (κ3) is 3.75. The molecule has 0 aliphatic carbocycles. The number of rotatable bonds is 4. The molecular formula is C11H12O2. The summed E-state index contributed by atoms with van der Waals surface area (Å²) in [4.78, 5) is 0. The number of aliphatic hydroxyl groups is 1. The van der Waals surface area contributed by atoms with Crippen LogP contribution in [-0.4, -0.2) is 17.8 Å². The predicted octanol–water partition coefficient (Wildman–Crippen LogP) is 1.20. The maximum absolute atomic E-state index is 8.97. The van der Waals surface area contributed by atoms with E-state index in [0.717, 1.165) is 5.56 Å². The van der Waals surface area contributed by atoms with E-state index in [4.69, 9.17) is 16.3 Å². The van der Waals surface area contributed by atoms with Crippen molar-refractivity contribution in [2.75, 3.05) is 6.61 Å². The molecule has 0 saturated heterocycles. The molecular weight excluding hydrogens is 164 g/mol. The Hall–Kier alpha value is -1.30. The lowest BCUT2D eigenvalue weighted by Crippen LogP contribution is -2.12. The van der Waals surface area contributed by atoms with Gasteiger partial charge in [-0.3, -0.25) is 0 Å². The van der Waals surface area contributed by atoms with Gasteiger partial charge in [-0.15, -0.1) is 6.42 Å². The Morgan fingerprint density at radius 2 is 2.08 bits per heavy atom. The summed E-state index contributed by atoms with van der Waals surface area (Å²) in [6.07, 6.45) is 4.17. The first-order valence-corrected chi connectivity index (χ1v) is 4.09. The average molecular weight is 176 g/mol. The van der Waals surface area contributed by atoms with Crippen molar-refractivity contribution in [1.82, 2.24) is 0 Å². The van der Waals surface area contributed by atoms with Gasteiger partial charge in [0.15, 0.2) is 0 Å². The van der Waals surface area contributed by atoms with Gasteiger partial charge in [-0.05, 0) is 5.56 Å². The van der Waals surface area contributed by atoms with E-state index in [1.807, 2.05) is 30.3 Å². The number of ether oxygens (including phenoxy) is 1. The molecule has 1 rings (SSSR count). The number of aliphatic hydroxyl groups excluding tert-OH is 1. The van der Waals surface area contributed by atoms with Gasteiger partial charge in [0, 0.05) is 0 Å². The van der Waals surface area contributed by atoms with Crippen molar-refractivity contribution < 1.29 is 9.84 Å². The van der Waals surface area contributed by atoms with Gasteiger partial charge in [0.1, 0.15) is 6.10 Å². The van der Waals surface area contributed by atoms with Crippen molar-refractivity contribution >= 4 is 0 Å². The van der Waals surface area contributed by atoms with Crippen LogP contribution in [0.15, 0.2) is 30.3 Å². The van der Waals surface area contributed by atoms with E-state index < -0.39 is 6.10 Å². The third-order valence-electron chi connectivity index (χ3n) is 1.58. The Morgan fingerprint density at radius 3 is 2.69 bits per heavy atom. The summed E-state index contributed by atoms with van der Waals surface area (Å²) in [5.74, 6) is 2.18. The summed E-state index contributed by atoms with van der Waals surface area (Å²) < 4.78 is 5.18. The average Bonchev–Trinajstić information content (AvgIpc) is 2.19. The molecule has 0 bridgehead atoms. The summed E-state index contributed by atoms with van der Waals surface area (Å²) in [5, 5.41) is 8.97. The van der Waals surface area contributed by atoms with E-state index in [1.165, 1.54) is 0 Å². The van der Waals surface area contributed by atoms with Crippen LogP contribution in [0.2, 0.25) is 0 Å². The minimum Gasteiger partial charge on any atom is -0.378 e. The normalized spacial score (nSPS) is 12.0. The Bertz CT molecular complexity index is 274. The zero-order valence-corrected chi connectivity index (χ0v) is 7.31. The molecule has 13 heavy (non-hydrogen) atoms. The molecule has 1 atom stereocenters. The molecule has 2 nitrogen and oxygen atoms in total. The minimum absolute atomic E-state index is 0.186. The molecule has 2 heteroatoms. The fourth-order valence-corrected chi connectivity index (χ4v) is 0.911. The van der Waals surface area contributed by atoms with Crippen LogP contribution >= 0.6 is 0 Å². The van der Waals surface area contributed by atoms with Crippen LogP contribution < -0.4 is 0 Å². The molecule has 0 saturated carbocycles. The van der Waals surface area contributed by atoms with Gasteiger partial charge in [0.25, 0.3) is 0 Å². The maximum atomic E-state index is 8.97. The smallest absolute Gasteiger partial charge is 0.137 e. The van der Waals surface area contributed by atoms with Gasteiger partial charge in [-0.2, -0.15) is 0 Å². The Balaban J connectivity index is 2.25. The summed E-state index contributed by atoms with van der Waals surface area (Å²) in [6.45, 7) is 0.672. The molecule has 0 heterocycles. The molecule has 0 aromatic heterocycles. The second-order valence-electron chi connectivity index (χ2n) is 2.68. The number of benzene rings is 1. The van der Waals surface area contributed by atoms with Crippen LogP contribution in [0.25, 0.3) is 0 Å². The van der Waals surface area contributed by atoms with Gasteiger partial charge < -0.3 is 9.84 Å². The molecule has 0 unspecified atom stereocenters. The Labute approximate surface area is 78.2 Å². The van der Waals surface area contributed by atoms with Gasteiger partial charge in [-0.1, -0.05) is 36.3 Å². The van der Waals surface area contributed by atoms with E-state index in [-0.39, 0.29) is 6.61 Å². The number of hydrogen-bond acceptors (Lipinski definition) is 2. The topological polar surface area (TPSA) is 29.5 Å². The molecule has 1 aromatic rings. The van der Waals surface area contributed by atoms with E-state index in [0.29, 0.717) is 6.61 Å². The van der Waals surface area contributed by atoms with Crippen molar-refractivity contribution in [3.63, 3.8) is 0 Å². The zero-order chi connectivity index (χ0) is 9.52. The molecule has 0 radical (unpaired) electrons. The van der Waals surface area contributed by atoms with Crippen LogP contribution in [0, 0.1) is 12.3 Å². The first-order valence-electron chi connectivity index (χ1n) is 4.09. The summed E-state index contributed by atoms with van der Waals surface area (Å²) in [5.41, 5.74) is 1.08. The Kier molecular flexibility index (Phi) is 4.04. The van der Waals surface area contributed by atoms with E-state index in [9.17, 15) is 0 Å². The highest BCUT2D eigenvalue weighted by atomic mass is 16.5. The highest BCUT2D eigenvalue weighted by Gasteiger charge is 1.98. The summed E-state index contributed by atoms with van der Waals surface area (Å²) in [6, 6.07) is 9.75. The van der Waals surface area contributed by atoms with Gasteiger partial charge in [-0.25, -0.2) is 0 Å². The van der Waals surface area contributed by atoms with E-state index >= 15 is 0 Å². The fourth-order valence-electron chi connectivity index (χ4n) is 0.911. The molecule has 1 aromatic carbocycles. The summed E-state index contributed by atoms with van der Waals surface area (Å²) in [7, 11) is 0. The lowest BCUT2D eigenvalue weighted by molar-refractivity contribution is 0.0544. The molecule has 0 aliphatic rings. The highest BCUT2D eigenvalue weighted by Crippen LogP contribution is 2.00. The van der Waals surface area contributed by atoms with Gasteiger partial charge in [0.2, 0.25) is 0 Å². The van der Waals surface area contributed by atoms with Crippen LogP contribution in [-0.2, 0) is 11.3 Å². The molecule has 0 amide bonds. The SMILES string of the molecule is C#C[C@H](O)COCc1ccccc1. The quantitative estimate of drug-likeness (QED) is 0.698. The van der Waals surface area contributed by atoms with Crippen molar-refractivity contribution in [2.24, 2.45) is 0 Å². The first kappa shape index (κ1) is 9.79. The van der Waals surface area contributed by atoms with Crippen LogP contribution in [0.3, 0.4) is 0 Å². The largest absolute Gasteiger partial charge is 0.378 e. The maximum Gasteiger partial charge on any atom is 0.137 e. The second-order valence-corrected chi connectivity index (χ2v) is 2.68. The predicted molar refractivity (Wildman–Crippen MR) is 50.9 cm³/mol. The molecule has 1 N–H and O–H groups in total. The standard InChI is InChI=1S/C11H12O2/c1-2-11(12)9-13-8-10-6-4-3-5-7-10/h1,3-7,11-12H,8-9H2/t11-/m0/s1. The monoisotopic (exact) mass is 176 g/mol. The van der Waals surface area contributed by atoms with E-state index in [1.54, 1.807) is 0 Å². The summed E-state index contributed by atoms with van der Waals surface area (Å²) >= 11 is 0. The minimum atomic E-state index is -0.802. The lowest BCUT2D eigenvalue weighted by atomic mass is 10.2. The number of terminal acetylenes is 1. The fraction of sp³-hybridized carbons (Fsp3) is 0.273. The third-order valence-corrected chi connectivity index (χ3v) is 1.58. The van der Waals surface area contributed by atoms with Gasteiger partial charge in [0.05, 0.1) is 13.2 Å². The lowest BCUT2D eigenvalue weighted by Gasteiger charge is -2.05. The molecule has 68 valence electrons. The van der Waals surface area contributed by atoms with Crippen LogP contribution in [0.1, 0.15) is 5.56 Å². The zero-order valence-electron chi connectivity index (χ0n) is 7.31. The molecule has 0 spiro atoms. The van der Waals surface area contributed by atoms with Crippen molar-refractivity contribution in [3.05, 3.63) is 35.9 Å². The van der Waals surface area contributed by atoms with Crippen molar-refractivity contribution in [1.29, 1.82) is 0 Å². The van der Waals surface area contributed by atoms with Crippen LogP contribution in [0.5, 0.6) is 0 Å². The second kappa shape index (κ2) is 5.36. The van der Waals surface area contributed by atoms with Crippen LogP contribution in [0.4, 0.5) is 0 Å². The first-order chi connectivity index (χ1) is 6.33. The van der Waals surface area contributed by atoms with Crippen molar-refractivity contribution in [3.8, 4) is 12.3 Å². The highest BCUT2D eigenvalue weighted by molar-refractivity contribution is 5.13. The van der Waals surface area contributed by atoms with Crippen molar-refractivity contribution in [2.45, 2.75) is 12.7 Å². The number of hydrogen-bond donors (Lipinski definition) is 1. The van der Waals surface area contributed by atoms with Gasteiger partial charge >= 0.3 is 0 Å². The molecule has 0 fully saturated rings. The Morgan fingerprint density at radius 1 is 1.38 bits per heavy atom. The molecule has 0 aliphatic heterocycles.